The van der Waals surface area contributed by atoms with E-state index in [0.717, 1.165) is 25.9 Å². The van der Waals surface area contributed by atoms with Crippen molar-refractivity contribution in [1.29, 1.82) is 0 Å². The van der Waals surface area contributed by atoms with Crippen LogP contribution in [0.3, 0.4) is 0 Å². The molecule has 0 spiro atoms. The van der Waals surface area contributed by atoms with Crippen LogP contribution in [0.2, 0.25) is 0 Å². The predicted molar refractivity (Wildman–Crippen MR) is 82.8 cm³/mol. The number of carbonyl (C=O) groups is 1. The van der Waals surface area contributed by atoms with Crippen molar-refractivity contribution in [2.75, 3.05) is 32.1 Å². The van der Waals surface area contributed by atoms with E-state index in [1.807, 2.05) is 40.6 Å². The molecule has 7 nitrogen and oxygen atoms in total. The Morgan fingerprint density at radius 1 is 1.23 bits per heavy atom. The van der Waals surface area contributed by atoms with E-state index < -0.39 is 0 Å². The lowest BCUT2D eigenvalue weighted by atomic mass is 10.0. The number of hydrogen-bond donors (Lipinski definition) is 0. The first-order valence-corrected chi connectivity index (χ1v) is 7.42. The summed E-state index contributed by atoms with van der Waals surface area (Å²) >= 11 is 0. The molecule has 1 aliphatic rings. The van der Waals surface area contributed by atoms with Crippen molar-refractivity contribution in [3.8, 4) is 0 Å². The van der Waals surface area contributed by atoms with Crippen LogP contribution in [0, 0.1) is 0 Å². The molecule has 7 heteroatoms. The number of nitrogens with zero attached hydrogens (tertiary/aromatic N) is 6. The lowest BCUT2D eigenvalue weighted by Gasteiger charge is -2.32. The fraction of sp³-hybridized carbons (Fsp3) is 0.467. The Morgan fingerprint density at radius 2 is 1.91 bits per heavy atom. The molecule has 22 heavy (non-hydrogen) atoms. The zero-order valence-corrected chi connectivity index (χ0v) is 12.9. The highest BCUT2D eigenvalue weighted by molar-refractivity contribution is 5.98. The van der Waals surface area contributed by atoms with Crippen LogP contribution in [0.25, 0.3) is 0 Å². The van der Waals surface area contributed by atoms with E-state index in [-0.39, 0.29) is 5.91 Å². The SMILES string of the molecule is CN(C)c1ncccc1C(=O)N1CCC(n2cnnc2)CC1. The van der Waals surface area contributed by atoms with Gasteiger partial charge in [0.05, 0.1) is 5.56 Å². The van der Waals surface area contributed by atoms with Crippen molar-refractivity contribution in [2.24, 2.45) is 0 Å². The minimum absolute atomic E-state index is 0.0546. The first-order chi connectivity index (χ1) is 10.7. The van der Waals surface area contributed by atoms with E-state index >= 15 is 0 Å². The molecule has 116 valence electrons. The Balaban J connectivity index is 1.70. The van der Waals surface area contributed by atoms with Gasteiger partial charge in [-0.3, -0.25) is 4.79 Å². The highest BCUT2D eigenvalue weighted by Gasteiger charge is 2.26. The van der Waals surface area contributed by atoms with Gasteiger partial charge in [-0.05, 0) is 25.0 Å². The third-order valence-electron chi connectivity index (χ3n) is 4.05. The molecule has 0 radical (unpaired) electrons. The summed E-state index contributed by atoms with van der Waals surface area (Å²) in [4.78, 5) is 20.8. The summed E-state index contributed by atoms with van der Waals surface area (Å²) in [5, 5.41) is 7.70. The average Bonchev–Trinajstić information content (AvgIpc) is 3.09. The van der Waals surface area contributed by atoms with Crippen molar-refractivity contribution in [3.63, 3.8) is 0 Å². The molecule has 0 aliphatic carbocycles. The van der Waals surface area contributed by atoms with Crippen molar-refractivity contribution >= 4 is 11.7 Å². The van der Waals surface area contributed by atoms with Crippen molar-refractivity contribution < 1.29 is 4.79 Å². The number of hydrogen-bond acceptors (Lipinski definition) is 5. The maximum Gasteiger partial charge on any atom is 0.257 e. The van der Waals surface area contributed by atoms with E-state index in [1.165, 1.54) is 0 Å². The van der Waals surface area contributed by atoms with E-state index in [4.69, 9.17) is 0 Å². The maximum absolute atomic E-state index is 12.7. The Hall–Kier alpha value is -2.44. The highest BCUT2D eigenvalue weighted by atomic mass is 16.2. The summed E-state index contributed by atoms with van der Waals surface area (Å²) in [5.74, 6) is 0.771. The molecule has 0 atom stereocenters. The number of carbonyl (C=O) groups excluding carboxylic acids is 1. The van der Waals surface area contributed by atoms with E-state index in [9.17, 15) is 4.79 Å². The normalized spacial score (nSPS) is 15.8. The molecule has 0 aromatic carbocycles. The summed E-state index contributed by atoms with van der Waals surface area (Å²) in [6.45, 7) is 1.48. The van der Waals surface area contributed by atoms with Crippen molar-refractivity contribution in [1.82, 2.24) is 24.6 Å². The smallest absolute Gasteiger partial charge is 0.257 e. The molecule has 1 saturated heterocycles. The molecule has 3 heterocycles. The number of aromatic nitrogens is 4. The molecule has 1 aliphatic heterocycles. The number of likely N-dealkylation sites (tertiary alicyclic amines) is 1. The summed E-state index contributed by atoms with van der Waals surface area (Å²) in [7, 11) is 3.80. The van der Waals surface area contributed by atoms with Crippen LogP contribution in [0.5, 0.6) is 0 Å². The van der Waals surface area contributed by atoms with Gasteiger partial charge in [-0.2, -0.15) is 0 Å². The van der Waals surface area contributed by atoms with Gasteiger partial charge in [0.2, 0.25) is 0 Å². The maximum atomic E-state index is 12.7. The van der Waals surface area contributed by atoms with Gasteiger partial charge in [0, 0.05) is 39.4 Å². The first-order valence-electron chi connectivity index (χ1n) is 7.42. The van der Waals surface area contributed by atoms with Crippen LogP contribution in [-0.2, 0) is 0 Å². The lowest BCUT2D eigenvalue weighted by Crippen LogP contribution is -2.39. The van der Waals surface area contributed by atoms with Crippen LogP contribution in [0.1, 0.15) is 29.2 Å². The van der Waals surface area contributed by atoms with E-state index in [0.29, 0.717) is 17.4 Å². The van der Waals surface area contributed by atoms with Gasteiger partial charge in [-0.25, -0.2) is 4.98 Å². The monoisotopic (exact) mass is 300 g/mol. The molecule has 1 fully saturated rings. The minimum atomic E-state index is 0.0546. The highest BCUT2D eigenvalue weighted by Crippen LogP contribution is 2.24. The molecule has 1 amide bonds. The molecule has 2 aromatic heterocycles. The Labute approximate surface area is 129 Å². The number of rotatable bonds is 3. The Morgan fingerprint density at radius 3 is 2.55 bits per heavy atom. The molecule has 0 unspecified atom stereocenters. The van der Waals surface area contributed by atoms with Crippen LogP contribution >= 0.6 is 0 Å². The summed E-state index contributed by atoms with van der Waals surface area (Å²) in [5.41, 5.74) is 0.662. The quantitative estimate of drug-likeness (QED) is 0.852. The number of anilines is 1. The van der Waals surface area contributed by atoms with Gasteiger partial charge in [0.15, 0.2) is 0 Å². The second kappa shape index (κ2) is 6.13. The zero-order valence-electron chi connectivity index (χ0n) is 12.9. The third-order valence-corrected chi connectivity index (χ3v) is 4.05. The first kappa shape index (κ1) is 14.5. The van der Waals surface area contributed by atoms with Crippen LogP contribution in [0.4, 0.5) is 5.82 Å². The summed E-state index contributed by atoms with van der Waals surface area (Å²) in [6.07, 6.45) is 7.04. The number of pyridine rings is 1. The van der Waals surface area contributed by atoms with Gasteiger partial charge in [0.25, 0.3) is 5.91 Å². The summed E-state index contributed by atoms with van der Waals surface area (Å²) < 4.78 is 2.02. The fourth-order valence-electron chi connectivity index (χ4n) is 2.85. The topological polar surface area (TPSA) is 67.2 Å². The van der Waals surface area contributed by atoms with Crippen LogP contribution < -0.4 is 4.90 Å². The lowest BCUT2D eigenvalue weighted by molar-refractivity contribution is 0.0695. The Kier molecular flexibility index (Phi) is 4.04. The van der Waals surface area contributed by atoms with Gasteiger partial charge >= 0.3 is 0 Å². The zero-order chi connectivity index (χ0) is 15.5. The molecular weight excluding hydrogens is 280 g/mol. The standard InChI is InChI=1S/C15H20N6O/c1-19(2)14-13(4-3-7-16-14)15(22)20-8-5-12(6-9-20)21-10-17-18-11-21/h3-4,7,10-12H,5-6,8-9H2,1-2H3. The molecule has 0 saturated carbocycles. The second-order valence-corrected chi connectivity index (χ2v) is 5.70. The van der Waals surface area contributed by atoms with Gasteiger partial charge in [-0.1, -0.05) is 0 Å². The largest absolute Gasteiger partial charge is 0.362 e. The minimum Gasteiger partial charge on any atom is -0.362 e. The third kappa shape index (κ3) is 2.79. The fourth-order valence-corrected chi connectivity index (χ4v) is 2.85. The van der Waals surface area contributed by atoms with Crippen LogP contribution in [0.15, 0.2) is 31.0 Å². The van der Waals surface area contributed by atoms with Gasteiger partial charge in [0.1, 0.15) is 18.5 Å². The van der Waals surface area contributed by atoms with Gasteiger partial charge < -0.3 is 14.4 Å². The van der Waals surface area contributed by atoms with E-state index in [2.05, 4.69) is 15.2 Å². The molecule has 0 bridgehead atoms. The molecule has 3 rings (SSSR count). The number of amides is 1. The van der Waals surface area contributed by atoms with Crippen molar-refractivity contribution in [3.05, 3.63) is 36.5 Å². The predicted octanol–water partition coefficient (Wildman–Crippen LogP) is 1.22. The van der Waals surface area contributed by atoms with Gasteiger partial charge in [-0.15, -0.1) is 10.2 Å². The summed E-state index contributed by atoms with van der Waals surface area (Å²) in [6, 6.07) is 4.03. The second-order valence-electron chi connectivity index (χ2n) is 5.70. The molecular formula is C15H20N6O. The van der Waals surface area contributed by atoms with Crippen LogP contribution in [-0.4, -0.2) is 57.7 Å². The number of piperidine rings is 1. The molecule has 2 aromatic rings. The van der Waals surface area contributed by atoms with E-state index in [1.54, 1.807) is 18.9 Å². The Bertz CT molecular complexity index is 631. The average molecular weight is 300 g/mol. The van der Waals surface area contributed by atoms with Crippen molar-refractivity contribution in [2.45, 2.75) is 18.9 Å². The molecule has 0 N–H and O–H groups in total.